The van der Waals surface area contributed by atoms with E-state index in [4.69, 9.17) is 0 Å². The molecule has 1 saturated carbocycles. The van der Waals surface area contributed by atoms with Crippen LogP contribution in [0.5, 0.6) is 0 Å². The van der Waals surface area contributed by atoms with Crippen LogP contribution in [0.15, 0.2) is 58.1 Å². The summed E-state index contributed by atoms with van der Waals surface area (Å²) in [5.41, 5.74) is 0.590. The molecule has 0 unspecified atom stereocenters. The van der Waals surface area contributed by atoms with Crippen LogP contribution in [-0.2, 0) is 22.6 Å². The zero-order chi connectivity index (χ0) is 25.7. The second-order valence-corrected chi connectivity index (χ2v) is 9.97. The minimum atomic E-state index is -0.570. The number of fused-ring (bicyclic) bond motifs is 1. The molecule has 0 bridgehead atoms. The third-order valence-electron chi connectivity index (χ3n) is 6.59. The van der Waals surface area contributed by atoms with E-state index in [-0.39, 0.29) is 30.8 Å². The van der Waals surface area contributed by atoms with Crippen LogP contribution in [0.3, 0.4) is 0 Å². The zero-order valence-corrected chi connectivity index (χ0v) is 21.0. The zero-order valence-electron chi connectivity index (χ0n) is 21.0. The summed E-state index contributed by atoms with van der Waals surface area (Å²) in [5.74, 6) is 0.0517. The summed E-state index contributed by atoms with van der Waals surface area (Å²) in [6, 6.07) is 13.8. The topological polar surface area (TPSA) is 102 Å². The summed E-state index contributed by atoms with van der Waals surface area (Å²) < 4.78 is 2.46. The molecule has 1 heterocycles. The number of hydrogen-bond acceptors (Lipinski definition) is 4. The van der Waals surface area contributed by atoms with Gasteiger partial charge in [-0.1, -0.05) is 57.4 Å². The Morgan fingerprint density at radius 2 is 1.64 bits per heavy atom. The molecule has 190 valence electrons. The number of hydrogen-bond donors (Lipinski definition) is 2. The number of carbonyl (C=O) groups is 2. The highest BCUT2D eigenvalue weighted by molar-refractivity contribution is 5.82. The molecule has 36 heavy (non-hydrogen) atoms. The highest BCUT2D eigenvalue weighted by Crippen LogP contribution is 2.17. The van der Waals surface area contributed by atoms with E-state index >= 15 is 0 Å². The van der Waals surface area contributed by atoms with E-state index in [1.54, 1.807) is 48.5 Å². The van der Waals surface area contributed by atoms with Gasteiger partial charge in [-0.25, -0.2) is 9.36 Å². The van der Waals surface area contributed by atoms with Crippen molar-refractivity contribution in [3.8, 4) is 5.69 Å². The van der Waals surface area contributed by atoms with Crippen molar-refractivity contribution in [1.82, 2.24) is 19.8 Å². The predicted molar refractivity (Wildman–Crippen MR) is 140 cm³/mol. The Morgan fingerprint density at radius 1 is 0.944 bits per heavy atom. The first-order valence-electron chi connectivity index (χ1n) is 12.7. The minimum absolute atomic E-state index is 0.0781. The second kappa shape index (κ2) is 11.4. The third kappa shape index (κ3) is 5.93. The molecule has 2 amide bonds. The molecule has 1 fully saturated rings. The maximum atomic E-state index is 13.5. The van der Waals surface area contributed by atoms with Gasteiger partial charge in [0.1, 0.15) is 6.54 Å². The molecule has 0 radical (unpaired) electrons. The summed E-state index contributed by atoms with van der Waals surface area (Å²) >= 11 is 0. The fraction of sp³-hybridized carbons (Fsp3) is 0.429. The van der Waals surface area contributed by atoms with Crippen LogP contribution in [0.1, 0.15) is 51.5 Å². The van der Waals surface area contributed by atoms with E-state index in [0.29, 0.717) is 29.1 Å². The van der Waals surface area contributed by atoms with E-state index in [0.717, 1.165) is 35.8 Å². The van der Waals surface area contributed by atoms with Gasteiger partial charge in [-0.15, -0.1) is 0 Å². The Hall–Kier alpha value is -3.68. The van der Waals surface area contributed by atoms with Crippen LogP contribution in [-0.4, -0.2) is 33.5 Å². The minimum Gasteiger partial charge on any atom is -0.356 e. The first-order chi connectivity index (χ1) is 17.3. The smallest absolute Gasteiger partial charge is 0.336 e. The fourth-order valence-corrected chi connectivity index (χ4v) is 4.69. The standard InChI is InChI=1S/C28H34N4O4/c1-19(2)17-29-25(33)16-20-12-14-22(15-13-20)32-27(35)23-10-6-7-11-24(23)31(28(32)36)18-26(34)30-21-8-4-3-5-9-21/h6-7,10-15,19,21H,3-5,8-9,16-18H2,1-2H3,(H,29,33)(H,30,34). The van der Waals surface area contributed by atoms with Crippen molar-refractivity contribution >= 4 is 22.7 Å². The average molecular weight is 491 g/mol. The lowest BCUT2D eigenvalue weighted by molar-refractivity contribution is -0.122. The Bertz CT molecular complexity index is 1350. The summed E-state index contributed by atoms with van der Waals surface area (Å²) in [7, 11) is 0. The van der Waals surface area contributed by atoms with Crippen LogP contribution in [0.2, 0.25) is 0 Å². The number of nitrogens with zero attached hydrogens (tertiary/aromatic N) is 2. The van der Waals surface area contributed by atoms with E-state index in [1.165, 1.54) is 11.0 Å². The summed E-state index contributed by atoms with van der Waals surface area (Å²) in [6.45, 7) is 4.51. The Balaban J connectivity index is 1.63. The number of amides is 2. The van der Waals surface area contributed by atoms with Crippen molar-refractivity contribution in [3.05, 3.63) is 74.9 Å². The molecular weight excluding hydrogens is 456 g/mol. The molecule has 0 spiro atoms. The SMILES string of the molecule is CC(C)CNC(=O)Cc1ccc(-n2c(=O)c3ccccc3n(CC(=O)NC3CCCCC3)c2=O)cc1. The molecule has 1 aliphatic rings. The van der Waals surface area contributed by atoms with Crippen LogP contribution >= 0.6 is 0 Å². The summed E-state index contributed by atoms with van der Waals surface area (Å²) in [6.07, 6.45) is 5.47. The van der Waals surface area contributed by atoms with Crippen molar-refractivity contribution in [1.29, 1.82) is 0 Å². The van der Waals surface area contributed by atoms with E-state index in [9.17, 15) is 19.2 Å². The van der Waals surface area contributed by atoms with Gasteiger partial charge in [-0.05, 0) is 48.6 Å². The lowest BCUT2D eigenvalue weighted by Gasteiger charge is -2.23. The highest BCUT2D eigenvalue weighted by atomic mass is 16.2. The quantitative estimate of drug-likeness (QED) is 0.507. The molecule has 0 atom stereocenters. The molecule has 4 rings (SSSR count). The first-order valence-corrected chi connectivity index (χ1v) is 12.7. The number of aromatic nitrogens is 2. The average Bonchev–Trinajstić information content (AvgIpc) is 2.87. The fourth-order valence-electron chi connectivity index (χ4n) is 4.69. The van der Waals surface area contributed by atoms with Gasteiger partial charge < -0.3 is 10.6 Å². The van der Waals surface area contributed by atoms with Gasteiger partial charge in [0.05, 0.1) is 23.0 Å². The molecule has 1 aromatic heterocycles. The molecule has 0 saturated heterocycles. The normalized spacial score (nSPS) is 14.2. The molecule has 8 heteroatoms. The number of nitrogens with one attached hydrogen (secondary N) is 2. The van der Waals surface area contributed by atoms with Gasteiger partial charge in [0, 0.05) is 12.6 Å². The van der Waals surface area contributed by atoms with Crippen molar-refractivity contribution in [2.75, 3.05) is 6.54 Å². The van der Waals surface area contributed by atoms with Gasteiger partial charge in [0.15, 0.2) is 0 Å². The van der Waals surface area contributed by atoms with Crippen molar-refractivity contribution in [2.45, 2.75) is 65.0 Å². The van der Waals surface area contributed by atoms with Crippen LogP contribution in [0.25, 0.3) is 16.6 Å². The lowest BCUT2D eigenvalue weighted by atomic mass is 9.95. The Morgan fingerprint density at radius 3 is 2.33 bits per heavy atom. The van der Waals surface area contributed by atoms with E-state index in [2.05, 4.69) is 10.6 Å². The molecule has 1 aliphatic carbocycles. The Kier molecular flexibility index (Phi) is 8.03. The molecule has 3 aromatic rings. The van der Waals surface area contributed by atoms with Crippen LogP contribution in [0.4, 0.5) is 0 Å². The molecule has 8 nitrogen and oxygen atoms in total. The first kappa shape index (κ1) is 25.4. The Labute approximate surface area is 210 Å². The number of carbonyl (C=O) groups excluding carboxylic acids is 2. The molecular formula is C28H34N4O4. The summed E-state index contributed by atoms with van der Waals surface area (Å²) in [4.78, 5) is 51.8. The second-order valence-electron chi connectivity index (χ2n) is 9.97. The number of benzene rings is 2. The van der Waals surface area contributed by atoms with Crippen molar-refractivity contribution in [3.63, 3.8) is 0 Å². The monoisotopic (exact) mass is 490 g/mol. The summed E-state index contributed by atoms with van der Waals surface area (Å²) in [5, 5.41) is 6.30. The maximum Gasteiger partial charge on any atom is 0.336 e. The lowest BCUT2D eigenvalue weighted by Crippen LogP contribution is -2.44. The van der Waals surface area contributed by atoms with Gasteiger partial charge in [0.25, 0.3) is 5.56 Å². The molecule has 2 aromatic carbocycles. The van der Waals surface area contributed by atoms with Gasteiger partial charge >= 0.3 is 5.69 Å². The molecule has 2 N–H and O–H groups in total. The van der Waals surface area contributed by atoms with Gasteiger partial charge in [-0.3, -0.25) is 19.0 Å². The number of rotatable bonds is 8. The molecule has 0 aliphatic heterocycles. The van der Waals surface area contributed by atoms with Gasteiger partial charge in [-0.2, -0.15) is 0 Å². The van der Waals surface area contributed by atoms with Crippen molar-refractivity contribution < 1.29 is 9.59 Å². The van der Waals surface area contributed by atoms with E-state index in [1.807, 2.05) is 13.8 Å². The number of para-hydroxylation sites is 1. The van der Waals surface area contributed by atoms with Crippen molar-refractivity contribution in [2.24, 2.45) is 5.92 Å². The predicted octanol–water partition coefficient (Wildman–Crippen LogP) is 2.92. The maximum absolute atomic E-state index is 13.5. The van der Waals surface area contributed by atoms with Crippen LogP contribution < -0.4 is 21.9 Å². The van der Waals surface area contributed by atoms with Crippen LogP contribution in [0, 0.1) is 5.92 Å². The van der Waals surface area contributed by atoms with Gasteiger partial charge in [0.2, 0.25) is 11.8 Å². The largest absolute Gasteiger partial charge is 0.356 e. The highest BCUT2D eigenvalue weighted by Gasteiger charge is 2.19. The van der Waals surface area contributed by atoms with E-state index < -0.39 is 11.2 Å². The third-order valence-corrected chi connectivity index (χ3v) is 6.59.